The van der Waals surface area contributed by atoms with E-state index < -0.39 is 0 Å². The van der Waals surface area contributed by atoms with Crippen LogP contribution in [0, 0.1) is 6.92 Å². The number of rotatable bonds is 4. The highest BCUT2D eigenvalue weighted by atomic mass is 16.5. The molecule has 5 heteroatoms. The maximum absolute atomic E-state index is 12.8. The molecule has 0 saturated carbocycles. The number of aryl methyl sites for hydroxylation is 1. The van der Waals surface area contributed by atoms with Crippen molar-refractivity contribution in [3.8, 4) is 5.75 Å². The Bertz CT molecular complexity index is 703. The molecule has 1 fully saturated rings. The number of aromatic nitrogens is 2. The first kappa shape index (κ1) is 16.4. The lowest BCUT2D eigenvalue weighted by Gasteiger charge is -2.32. The number of hydrogen-bond acceptors (Lipinski definition) is 4. The average molecular weight is 325 g/mol. The van der Waals surface area contributed by atoms with E-state index in [4.69, 9.17) is 4.74 Å². The van der Waals surface area contributed by atoms with Gasteiger partial charge in [0.05, 0.1) is 13.5 Å². The summed E-state index contributed by atoms with van der Waals surface area (Å²) in [7, 11) is 1.64. The summed E-state index contributed by atoms with van der Waals surface area (Å²) in [4.78, 5) is 23.0. The summed E-state index contributed by atoms with van der Waals surface area (Å²) in [5.41, 5.74) is 3.11. The highest BCUT2D eigenvalue weighted by molar-refractivity contribution is 5.79. The molecule has 0 bridgehead atoms. The number of benzene rings is 1. The Kier molecular flexibility index (Phi) is 5.08. The third-order valence-electron chi connectivity index (χ3n) is 4.57. The van der Waals surface area contributed by atoms with Crippen LogP contribution in [0.15, 0.2) is 36.8 Å². The van der Waals surface area contributed by atoms with E-state index in [1.54, 1.807) is 19.6 Å². The third-order valence-corrected chi connectivity index (χ3v) is 4.57. The number of carbonyl (C=O) groups is 1. The van der Waals surface area contributed by atoms with Crippen molar-refractivity contribution in [2.24, 2.45) is 0 Å². The van der Waals surface area contributed by atoms with Crippen molar-refractivity contribution in [1.29, 1.82) is 0 Å². The number of hydrogen-bond donors (Lipinski definition) is 0. The van der Waals surface area contributed by atoms with Gasteiger partial charge in [0.15, 0.2) is 0 Å². The van der Waals surface area contributed by atoms with Crippen LogP contribution in [0.3, 0.4) is 0 Å². The third kappa shape index (κ3) is 3.72. The molecule has 0 unspecified atom stereocenters. The van der Waals surface area contributed by atoms with E-state index in [-0.39, 0.29) is 5.91 Å². The van der Waals surface area contributed by atoms with E-state index in [1.165, 1.54) is 0 Å². The molecule has 2 aromatic rings. The summed E-state index contributed by atoms with van der Waals surface area (Å²) in [6, 6.07) is 7.90. The minimum Gasteiger partial charge on any atom is -0.496 e. The van der Waals surface area contributed by atoms with Crippen LogP contribution in [0.5, 0.6) is 5.75 Å². The lowest BCUT2D eigenvalue weighted by Crippen LogP contribution is -2.40. The maximum Gasteiger partial charge on any atom is 0.227 e. The molecule has 0 radical (unpaired) electrons. The summed E-state index contributed by atoms with van der Waals surface area (Å²) in [5.74, 6) is 1.22. The minimum atomic E-state index is 0.151. The Labute approximate surface area is 142 Å². The predicted molar refractivity (Wildman–Crippen MR) is 92.0 cm³/mol. The molecule has 2 heterocycles. The number of piperidine rings is 1. The van der Waals surface area contributed by atoms with Gasteiger partial charge in [0.25, 0.3) is 0 Å². The van der Waals surface area contributed by atoms with E-state index in [1.807, 2.05) is 36.1 Å². The molecular weight excluding hydrogens is 302 g/mol. The lowest BCUT2D eigenvalue weighted by atomic mass is 9.94. The Balaban J connectivity index is 1.70. The fourth-order valence-electron chi connectivity index (χ4n) is 3.31. The second-order valence-corrected chi connectivity index (χ2v) is 6.31. The molecule has 126 valence electrons. The number of ether oxygens (including phenoxy) is 1. The zero-order valence-corrected chi connectivity index (χ0v) is 14.2. The van der Waals surface area contributed by atoms with Crippen molar-refractivity contribution >= 4 is 5.91 Å². The highest BCUT2D eigenvalue weighted by Crippen LogP contribution is 2.26. The first-order chi connectivity index (χ1) is 11.7. The van der Waals surface area contributed by atoms with Gasteiger partial charge in [-0.05, 0) is 31.9 Å². The summed E-state index contributed by atoms with van der Waals surface area (Å²) in [5, 5.41) is 0. The van der Waals surface area contributed by atoms with E-state index in [0.29, 0.717) is 12.3 Å². The summed E-state index contributed by atoms with van der Waals surface area (Å²) in [6.07, 6.45) is 5.79. The molecule has 1 aliphatic rings. The van der Waals surface area contributed by atoms with Crippen LogP contribution in [0.2, 0.25) is 0 Å². The number of methoxy groups -OCH3 is 1. The van der Waals surface area contributed by atoms with Crippen LogP contribution in [-0.4, -0.2) is 41.0 Å². The smallest absolute Gasteiger partial charge is 0.227 e. The van der Waals surface area contributed by atoms with E-state index in [9.17, 15) is 4.79 Å². The zero-order chi connectivity index (χ0) is 16.9. The Morgan fingerprint density at radius 3 is 3.00 bits per heavy atom. The van der Waals surface area contributed by atoms with Crippen LogP contribution < -0.4 is 4.74 Å². The SMILES string of the molecule is COc1ccc(C)cc1CC(=O)N1CCC[C@H](c2ccncn2)C1. The minimum absolute atomic E-state index is 0.151. The van der Waals surface area contributed by atoms with Gasteiger partial charge in [-0.3, -0.25) is 4.79 Å². The van der Waals surface area contributed by atoms with Crippen LogP contribution in [0.4, 0.5) is 0 Å². The highest BCUT2D eigenvalue weighted by Gasteiger charge is 2.26. The van der Waals surface area contributed by atoms with E-state index in [0.717, 1.165) is 48.5 Å². The molecule has 5 nitrogen and oxygen atoms in total. The van der Waals surface area contributed by atoms with Crippen molar-refractivity contribution in [2.45, 2.75) is 32.1 Å². The van der Waals surface area contributed by atoms with Gasteiger partial charge in [0, 0.05) is 36.5 Å². The Hall–Kier alpha value is -2.43. The number of amides is 1. The molecule has 1 saturated heterocycles. The number of nitrogens with zero attached hydrogens (tertiary/aromatic N) is 3. The molecular formula is C19H23N3O2. The maximum atomic E-state index is 12.8. The van der Waals surface area contributed by atoms with Crippen molar-refractivity contribution in [2.75, 3.05) is 20.2 Å². The van der Waals surface area contributed by atoms with E-state index >= 15 is 0 Å². The average Bonchev–Trinajstić information content (AvgIpc) is 2.63. The topological polar surface area (TPSA) is 55.3 Å². The summed E-state index contributed by atoms with van der Waals surface area (Å²) >= 11 is 0. The van der Waals surface area contributed by atoms with Gasteiger partial charge in [0.1, 0.15) is 12.1 Å². The largest absolute Gasteiger partial charge is 0.496 e. The standard InChI is InChI=1S/C19H23N3O2/c1-14-5-6-18(24-2)16(10-14)11-19(23)22-9-3-4-15(12-22)17-7-8-20-13-21-17/h5-8,10,13,15H,3-4,9,11-12H2,1-2H3/t15-/m0/s1. The zero-order valence-electron chi connectivity index (χ0n) is 14.2. The lowest BCUT2D eigenvalue weighted by molar-refractivity contribution is -0.131. The van der Waals surface area contributed by atoms with Crippen LogP contribution in [0.1, 0.15) is 35.6 Å². The first-order valence-corrected chi connectivity index (χ1v) is 8.34. The van der Waals surface area contributed by atoms with Gasteiger partial charge >= 0.3 is 0 Å². The van der Waals surface area contributed by atoms with Crippen molar-refractivity contribution in [3.05, 3.63) is 53.6 Å². The van der Waals surface area contributed by atoms with Gasteiger partial charge in [-0.15, -0.1) is 0 Å². The second kappa shape index (κ2) is 7.43. The first-order valence-electron chi connectivity index (χ1n) is 8.34. The monoisotopic (exact) mass is 325 g/mol. The molecule has 1 atom stereocenters. The van der Waals surface area contributed by atoms with Crippen LogP contribution in [0.25, 0.3) is 0 Å². The Morgan fingerprint density at radius 1 is 1.38 bits per heavy atom. The molecule has 1 aromatic carbocycles. The normalized spacial score (nSPS) is 17.6. The van der Waals surface area contributed by atoms with Crippen molar-refractivity contribution < 1.29 is 9.53 Å². The fraction of sp³-hybridized carbons (Fsp3) is 0.421. The molecule has 0 N–H and O–H groups in total. The quantitative estimate of drug-likeness (QED) is 0.867. The predicted octanol–water partition coefficient (Wildman–Crippen LogP) is 2.74. The fourth-order valence-corrected chi connectivity index (χ4v) is 3.31. The van der Waals surface area contributed by atoms with Crippen molar-refractivity contribution in [1.82, 2.24) is 14.9 Å². The molecule has 1 aromatic heterocycles. The molecule has 1 aliphatic heterocycles. The van der Waals surface area contributed by atoms with Gasteiger partial charge in [0.2, 0.25) is 5.91 Å². The second-order valence-electron chi connectivity index (χ2n) is 6.31. The van der Waals surface area contributed by atoms with Gasteiger partial charge in [-0.25, -0.2) is 9.97 Å². The van der Waals surface area contributed by atoms with Crippen LogP contribution in [-0.2, 0) is 11.2 Å². The number of carbonyl (C=O) groups excluding carboxylic acids is 1. The van der Waals surface area contributed by atoms with Crippen LogP contribution >= 0.6 is 0 Å². The van der Waals surface area contributed by atoms with Crippen molar-refractivity contribution in [3.63, 3.8) is 0 Å². The van der Waals surface area contributed by atoms with E-state index in [2.05, 4.69) is 9.97 Å². The molecule has 0 aliphatic carbocycles. The molecule has 3 rings (SSSR count). The Morgan fingerprint density at radius 2 is 2.25 bits per heavy atom. The molecule has 1 amide bonds. The molecule has 0 spiro atoms. The van der Waals surface area contributed by atoms with Gasteiger partial charge in [-0.1, -0.05) is 17.7 Å². The number of likely N-dealkylation sites (tertiary alicyclic amines) is 1. The van der Waals surface area contributed by atoms with Gasteiger partial charge in [-0.2, -0.15) is 0 Å². The van der Waals surface area contributed by atoms with Gasteiger partial charge < -0.3 is 9.64 Å². The molecule has 24 heavy (non-hydrogen) atoms. The summed E-state index contributed by atoms with van der Waals surface area (Å²) < 4.78 is 5.39. The summed E-state index contributed by atoms with van der Waals surface area (Å²) in [6.45, 7) is 3.57.